The first-order valence-corrected chi connectivity index (χ1v) is 8.70. The van der Waals surface area contributed by atoms with E-state index in [2.05, 4.69) is 20.3 Å². The molecule has 2 N–H and O–H groups in total. The zero-order valence-electron chi connectivity index (χ0n) is 13.7. The zero-order chi connectivity index (χ0) is 18.7. The molecule has 1 atom stereocenters. The van der Waals surface area contributed by atoms with Crippen molar-refractivity contribution in [1.82, 2.24) is 15.0 Å². The van der Waals surface area contributed by atoms with E-state index in [9.17, 15) is 18.0 Å². The normalized spacial score (nSPS) is 12.9. The molecule has 9 heteroatoms. The largest absolute Gasteiger partial charge is 0.416 e. The molecule has 0 aliphatic rings. The van der Waals surface area contributed by atoms with Crippen LogP contribution in [0.25, 0.3) is 11.2 Å². The first kappa shape index (κ1) is 18.2. The third kappa shape index (κ3) is 4.16. The van der Waals surface area contributed by atoms with Crippen molar-refractivity contribution in [3.8, 4) is 0 Å². The maximum absolute atomic E-state index is 12.8. The number of H-pyrrole nitrogens is 1. The summed E-state index contributed by atoms with van der Waals surface area (Å²) in [4.78, 5) is 23.9. The summed E-state index contributed by atoms with van der Waals surface area (Å²) in [5.41, 5.74) is 0.598. The fourth-order valence-corrected chi connectivity index (χ4v) is 3.24. The minimum atomic E-state index is -4.46. The average Bonchev–Trinajstić information content (AvgIpc) is 3.01. The van der Waals surface area contributed by atoms with E-state index in [1.54, 1.807) is 12.3 Å². The lowest BCUT2D eigenvalue weighted by atomic mass is 10.2. The number of aromatic amines is 1. The van der Waals surface area contributed by atoms with Crippen molar-refractivity contribution in [3.63, 3.8) is 0 Å². The average molecular weight is 380 g/mol. The molecule has 0 aliphatic heterocycles. The molecule has 2 aromatic heterocycles. The second kappa shape index (κ2) is 7.36. The first-order valence-electron chi connectivity index (χ1n) is 7.82. The Morgan fingerprint density at radius 1 is 1.31 bits per heavy atom. The van der Waals surface area contributed by atoms with Crippen LogP contribution < -0.4 is 5.32 Å². The number of nitrogens with zero attached hydrogens (tertiary/aromatic N) is 2. The summed E-state index contributed by atoms with van der Waals surface area (Å²) < 4.78 is 38.4. The van der Waals surface area contributed by atoms with Gasteiger partial charge in [0.2, 0.25) is 5.91 Å². The van der Waals surface area contributed by atoms with Crippen LogP contribution in [0.2, 0.25) is 0 Å². The molecular formula is C17H15F3N4OS. The SMILES string of the molecule is CC[C@H](Sc1nc2ncccc2[nH]1)C(=O)Nc1cccc(C(F)(F)F)c1. The Morgan fingerprint density at radius 3 is 2.81 bits per heavy atom. The van der Waals surface area contributed by atoms with E-state index < -0.39 is 17.0 Å². The van der Waals surface area contributed by atoms with Gasteiger partial charge in [-0.15, -0.1) is 0 Å². The number of imidazole rings is 1. The van der Waals surface area contributed by atoms with Crippen LogP contribution in [-0.4, -0.2) is 26.1 Å². The Balaban J connectivity index is 1.73. The second-order valence-electron chi connectivity index (χ2n) is 5.50. The lowest BCUT2D eigenvalue weighted by Gasteiger charge is -2.14. The number of amides is 1. The summed E-state index contributed by atoms with van der Waals surface area (Å²) in [5, 5.41) is 2.57. The highest BCUT2D eigenvalue weighted by Gasteiger charge is 2.30. The molecule has 1 aromatic carbocycles. The number of rotatable bonds is 5. The maximum atomic E-state index is 12.8. The van der Waals surface area contributed by atoms with Crippen molar-refractivity contribution < 1.29 is 18.0 Å². The van der Waals surface area contributed by atoms with Gasteiger partial charge in [0, 0.05) is 11.9 Å². The lowest BCUT2D eigenvalue weighted by Crippen LogP contribution is -2.24. The van der Waals surface area contributed by atoms with Gasteiger partial charge in [-0.25, -0.2) is 9.97 Å². The van der Waals surface area contributed by atoms with Gasteiger partial charge < -0.3 is 10.3 Å². The van der Waals surface area contributed by atoms with E-state index >= 15 is 0 Å². The van der Waals surface area contributed by atoms with Gasteiger partial charge in [0.25, 0.3) is 0 Å². The third-order valence-corrected chi connectivity index (χ3v) is 4.86. The van der Waals surface area contributed by atoms with Crippen LogP contribution in [0.15, 0.2) is 47.8 Å². The van der Waals surface area contributed by atoms with Gasteiger partial charge in [-0.05, 0) is 36.8 Å². The van der Waals surface area contributed by atoms with Gasteiger partial charge in [0.1, 0.15) is 0 Å². The number of aromatic nitrogens is 3. The Bertz CT molecular complexity index is 893. The number of nitrogens with one attached hydrogen (secondary N) is 2. The molecule has 3 rings (SSSR count). The molecule has 2 heterocycles. The van der Waals surface area contributed by atoms with Gasteiger partial charge in [0.05, 0.1) is 16.3 Å². The molecule has 0 fully saturated rings. The highest BCUT2D eigenvalue weighted by molar-refractivity contribution is 8.00. The molecule has 0 unspecified atom stereocenters. The fraction of sp³-hybridized carbons (Fsp3) is 0.235. The predicted octanol–water partition coefficient (Wildman–Crippen LogP) is 4.49. The summed E-state index contributed by atoms with van der Waals surface area (Å²) in [6, 6.07) is 8.16. The standard InChI is InChI=1S/C17H15F3N4OS/c1-2-13(26-16-23-12-7-4-8-21-14(12)24-16)15(25)22-11-6-3-5-10(9-11)17(18,19)20/h3-9,13H,2H2,1H3,(H,22,25)(H,21,23,24)/t13-/m0/s1. The minimum Gasteiger partial charge on any atom is -0.332 e. The highest BCUT2D eigenvalue weighted by Crippen LogP contribution is 2.31. The molecule has 0 spiro atoms. The van der Waals surface area contributed by atoms with Crippen molar-refractivity contribution in [1.29, 1.82) is 0 Å². The Labute approximate surface area is 151 Å². The van der Waals surface area contributed by atoms with Crippen LogP contribution in [0.1, 0.15) is 18.9 Å². The molecule has 1 amide bonds. The molecule has 5 nitrogen and oxygen atoms in total. The van der Waals surface area contributed by atoms with Crippen LogP contribution in [0.5, 0.6) is 0 Å². The van der Waals surface area contributed by atoms with Gasteiger partial charge in [-0.1, -0.05) is 24.8 Å². The van der Waals surface area contributed by atoms with E-state index in [4.69, 9.17) is 0 Å². The zero-order valence-corrected chi connectivity index (χ0v) is 14.5. The van der Waals surface area contributed by atoms with E-state index in [0.29, 0.717) is 17.2 Å². The first-order chi connectivity index (χ1) is 12.4. The third-order valence-electron chi connectivity index (χ3n) is 3.61. The molecule has 3 aromatic rings. The van der Waals surface area contributed by atoms with Crippen molar-refractivity contribution in [3.05, 3.63) is 48.2 Å². The molecule has 0 bridgehead atoms. The molecule has 0 saturated carbocycles. The molecule has 0 aliphatic carbocycles. The highest BCUT2D eigenvalue weighted by atomic mass is 32.2. The molecule has 136 valence electrons. The van der Waals surface area contributed by atoms with E-state index in [1.807, 2.05) is 13.0 Å². The molecule has 0 radical (unpaired) electrons. The number of alkyl halides is 3. The van der Waals surface area contributed by atoms with Crippen LogP contribution in [0.3, 0.4) is 0 Å². The van der Waals surface area contributed by atoms with Crippen molar-refractivity contribution in [2.45, 2.75) is 29.9 Å². The number of hydrogen-bond acceptors (Lipinski definition) is 4. The summed E-state index contributed by atoms with van der Waals surface area (Å²) >= 11 is 1.21. The Morgan fingerprint density at radius 2 is 2.12 bits per heavy atom. The van der Waals surface area contributed by atoms with Crippen LogP contribution in [0.4, 0.5) is 18.9 Å². The summed E-state index contributed by atoms with van der Waals surface area (Å²) in [5.74, 6) is -0.384. The Kier molecular flexibility index (Phi) is 5.17. The van der Waals surface area contributed by atoms with Crippen LogP contribution in [-0.2, 0) is 11.0 Å². The topological polar surface area (TPSA) is 70.7 Å². The smallest absolute Gasteiger partial charge is 0.332 e. The molecular weight excluding hydrogens is 365 g/mol. The number of thioether (sulfide) groups is 1. The van der Waals surface area contributed by atoms with E-state index in [1.165, 1.54) is 23.9 Å². The van der Waals surface area contributed by atoms with E-state index in [0.717, 1.165) is 17.6 Å². The second-order valence-corrected chi connectivity index (χ2v) is 6.69. The monoisotopic (exact) mass is 380 g/mol. The maximum Gasteiger partial charge on any atom is 0.416 e. The van der Waals surface area contributed by atoms with Crippen molar-refractivity contribution in [2.75, 3.05) is 5.32 Å². The number of fused-ring (bicyclic) bond motifs is 1. The quantitative estimate of drug-likeness (QED) is 0.640. The summed E-state index contributed by atoms with van der Waals surface area (Å²) in [6.45, 7) is 1.82. The summed E-state index contributed by atoms with van der Waals surface area (Å²) in [7, 11) is 0. The van der Waals surface area contributed by atoms with E-state index in [-0.39, 0.29) is 11.6 Å². The number of hydrogen-bond donors (Lipinski definition) is 2. The van der Waals surface area contributed by atoms with Gasteiger partial charge in [-0.3, -0.25) is 4.79 Å². The van der Waals surface area contributed by atoms with Crippen LogP contribution in [0, 0.1) is 0 Å². The van der Waals surface area contributed by atoms with Gasteiger partial charge >= 0.3 is 6.18 Å². The fourth-order valence-electron chi connectivity index (χ4n) is 2.33. The van der Waals surface area contributed by atoms with Crippen molar-refractivity contribution in [2.24, 2.45) is 0 Å². The number of carbonyl (C=O) groups excluding carboxylic acids is 1. The number of halogens is 3. The molecule has 26 heavy (non-hydrogen) atoms. The van der Waals surface area contributed by atoms with Crippen molar-refractivity contribution >= 4 is 34.5 Å². The minimum absolute atomic E-state index is 0.107. The predicted molar refractivity (Wildman–Crippen MR) is 93.9 cm³/mol. The lowest BCUT2D eigenvalue weighted by molar-refractivity contribution is -0.137. The number of carbonyl (C=O) groups is 1. The molecule has 0 saturated heterocycles. The van der Waals surface area contributed by atoms with Crippen LogP contribution >= 0.6 is 11.8 Å². The van der Waals surface area contributed by atoms with Gasteiger partial charge in [0.15, 0.2) is 10.8 Å². The number of anilines is 1. The van der Waals surface area contributed by atoms with Gasteiger partial charge in [-0.2, -0.15) is 13.2 Å². The Hall–Kier alpha value is -2.55. The number of benzene rings is 1. The number of pyridine rings is 1. The summed E-state index contributed by atoms with van der Waals surface area (Å²) in [6.07, 6.45) is -2.35.